The molecule has 3 rings (SSSR count). The molecule has 0 aliphatic carbocycles. The fraction of sp³-hybridized carbons (Fsp3) is 0.421. The van der Waals surface area contributed by atoms with Gasteiger partial charge in [0.2, 0.25) is 5.88 Å². The standard InChI is InChI=1S/C19H23NO6S/c1-10-7-11(12-4-6-15(25-2)20-8-12)3-5-14(10)27-19-18(24)17(23)16(22)13(9-21)26-19/h3-8,13,16-19,21-24H,9H2,1-2H3/t13-,16-,17+,18+,19-/m0/s1. The molecule has 4 N–H and O–H groups in total. The van der Waals surface area contributed by atoms with Crippen molar-refractivity contribution in [2.24, 2.45) is 0 Å². The van der Waals surface area contributed by atoms with Gasteiger partial charge in [0.05, 0.1) is 13.7 Å². The molecule has 8 heteroatoms. The summed E-state index contributed by atoms with van der Waals surface area (Å²) < 4.78 is 10.6. The molecule has 1 aliphatic rings. The van der Waals surface area contributed by atoms with Crippen LogP contribution in [-0.2, 0) is 4.74 Å². The maximum Gasteiger partial charge on any atom is 0.212 e. The van der Waals surface area contributed by atoms with E-state index >= 15 is 0 Å². The van der Waals surface area contributed by atoms with E-state index < -0.39 is 36.5 Å². The van der Waals surface area contributed by atoms with Crippen LogP contribution in [0, 0.1) is 6.92 Å². The lowest BCUT2D eigenvalue weighted by atomic mass is 10.0. The van der Waals surface area contributed by atoms with Crippen molar-refractivity contribution in [2.75, 3.05) is 13.7 Å². The van der Waals surface area contributed by atoms with Gasteiger partial charge in [0.25, 0.3) is 0 Å². The molecule has 1 aromatic carbocycles. The fourth-order valence-corrected chi connectivity index (χ4v) is 4.06. The third kappa shape index (κ3) is 4.26. The number of benzene rings is 1. The third-order valence-electron chi connectivity index (χ3n) is 4.55. The Balaban J connectivity index is 1.77. The first kappa shape index (κ1) is 20.1. The monoisotopic (exact) mass is 393 g/mol. The first-order valence-corrected chi connectivity index (χ1v) is 9.40. The van der Waals surface area contributed by atoms with Crippen LogP contribution in [0.4, 0.5) is 0 Å². The molecule has 2 aromatic rings. The van der Waals surface area contributed by atoms with Gasteiger partial charge in [-0.25, -0.2) is 4.98 Å². The Morgan fingerprint density at radius 2 is 1.81 bits per heavy atom. The van der Waals surface area contributed by atoms with Crippen molar-refractivity contribution in [3.8, 4) is 17.0 Å². The largest absolute Gasteiger partial charge is 0.481 e. The smallest absolute Gasteiger partial charge is 0.212 e. The Bertz CT molecular complexity index is 769. The van der Waals surface area contributed by atoms with E-state index in [0.717, 1.165) is 21.6 Å². The highest BCUT2D eigenvalue weighted by Crippen LogP contribution is 2.36. The Labute approximate surface area is 161 Å². The summed E-state index contributed by atoms with van der Waals surface area (Å²) in [5.74, 6) is 0.547. The molecular weight excluding hydrogens is 370 g/mol. The van der Waals surface area contributed by atoms with Crippen molar-refractivity contribution in [3.63, 3.8) is 0 Å². The van der Waals surface area contributed by atoms with Gasteiger partial charge in [0.1, 0.15) is 29.9 Å². The maximum absolute atomic E-state index is 10.2. The SMILES string of the molecule is COc1ccc(-c2ccc(S[C@@H]3O[C@@H](CO)[C@H](O)[C@@H](O)[C@H]3O)c(C)c2)cn1. The first-order chi connectivity index (χ1) is 12.9. The average Bonchev–Trinajstić information content (AvgIpc) is 2.69. The molecule has 0 spiro atoms. The van der Waals surface area contributed by atoms with Crippen molar-refractivity contribution >= 4 is 11.8 Å². The van der Waals surface area contributed by atoms with Crippen molar-refractivity contribution in [1.82, 2.24) is 4.98 Å². The molecule has 0 bridgehead atoms. The van der Waals surface area contributed by atoms with E-state index in [2.05, 4.69) is 4.98 Å². The molecule has 1 aliphatic heterocycles. The van der Waals surface area contributed by atoms with Gasteiger partial charge < -0.3 is 29.9 Å². The van der Waals surface area contributed by atoms with Crippen LogP contribution < -0.4 is 4.74 Å². The van der Waals surface area contributed by atoms with E-state index in [1.807, 2.05) is 31.2 Å². The second-order valence-corrected chi connectivity index (χ2v) is 7.52. The average molecular weight is 393 g/mol. The van der Waals surface area contributed by atoms with E-state index in [9.17, 15) is 20.4 Å². The maximum atomic E-state index is 10.2. The van der Waals surface area contributed by atoms with Crippen LogP contribution in [0.5, 0.6) is 5.88 Å². The molecule has 5 atom stereocenters. The molecule has 0 unspecified atom stereocenters. The van der Waals surface area contributed by atoms with Crippen LogP contribution in [0.3, 0.4) is 0 Å². The molecule has 0 saturated carbocycles. The Morgan fingerprint density at radius 3 is 2.41 bits per heavy atom. The summed E-state index contributed by atoms with van der Waals surface area (Å²) in [6.45, 7) is 1.50. The summed E-state index contributed by atoms with van der Waals surface area (Å²) in [5.41, 5.74) is 2.10. The molecule has 1 aromatic heterocycles. The summed E-state index contributed by atoms with van der Waals surface area (Å²) in [4.78, 5) is 5.07. The second kappa shape index (κ2) is 8.55. The minimum absolute atomic E-state index is 0.440. The molecule has 1 fully saturated rings. The van der Waals surface area contributed by atoms with Crippen LogP contribution in [0.1, 0.15) is 5.56 Å². The van der Waals surface area contributed by atoms with Gasteiger partial charge in [-0.3, -0.25) is 0 Å². The number of pyridine rings is 1. The van der Waals surface area contributed by atoms with Gasteiger partial charge in [-0.1, -0.05) is 23.9 Å². The summed E-state index contributed by atoms with van der Waals surface area (Å²) >= 11 is 1.24. The number of nitrogens with zero attached hydrogens (tertiary/aromatic N) is 1. The van der Waals surface area contributed by atoms with Crippen molar-refractivity contribution in [3.05, 3.63) is 42.1 Å². The summed E-state index contributed by atoms with van der Waals surface area (Å²) in [5, 5.41) is 39.3. The quantitative estimate of drug-likeness (QED) is 0.594. The number of aromatic nitrogens is 1. The second-order valence-electron chi connectivity index (χ2n) is 6.38. The van der Waals surface area contributed by atoms with Crippen LogP contribution in [0.2, 0.25) is 0 Å². The van der Waals surface area contributed by atoms with Crippen LogP contribution in [0.15, 0.2) is 41.4 Å². The first-order valence-electron chi connectivity index (χ1n) is 8.53. The molecular formula is C19H23NO6S. The predicted molar refractivity (Wildman–Crippen MR) is 101 cm³/mol. The zero-order valence-electron chi connectivity index (χ0n) is 15.0. The van der Waals surface area contributed by atoms with Gasteiger partial charge >= 0.3 is 0 Å². The lowest BCUT2D eigenvalue weighted by Crippen LogP contribution is -2.57. The van der Waals surface area contributed by atoms with Crippen molar-refractivity contribution < 1.29 is 29.9 Å². The molecule has 7 nitrogen and oxygen atoms in total. The number of aliphatic hydroxyl groups excluding tert-OH is 4. The van der Waals surface area contributed by atoms with E-state index in [0.29, 0.717) is 5.88 Å². The highest BCUT2D eigenvalue weighted by atomic mass is 32.2. The Morgan fingerprint density at radius 1 is 1.07 bits per heavy atom. The number of rotatable bonds is 5. The van der Waals surface area contributed by atoms with E-state index in [-0.39, 0.29) is 0 Å². The number of methoxy groups -OCH3 is 1. The summed E-state index contributed by atoms with van der Waals surface area (Å²) in [6.07, 6.45) is -3.17. The highest BCUT2D eigenvalue weighted by molar-refractivity contribution is 7.99. The van der Waals surface area contributed by atoms with Gasteiger partial charge in [0.15, 0.2) is 0 Å². The third-order valence-corrected chi connectivity index (χ3v) is 5.88. The van der Waals surface area contributed by atoms with Gasteiger partial charge in [-0.15, -0.1) is 0 Å². The number of aliphatic hydroxyl groups is 4. The van der Waals surface area contributed by atoms with Crippen LogP contribution in [-0.4, -0.2) is 69.0 Å². The lowest BCUT2D eigenvalue weighted by molar-refractivity contribution is -0.205. The van der Waals surface area contributed by atoms with Crippen molar-refractivity contribution in [1.29, 1.82) is 0 Å². The number of ether oxygens (including phenoxy) is 2. The van der Waals surface area contributed by atoms with Gasteiger partial charge in [-0.2, -0.15) is 0 Å². The minimum atomic E-state index is -1.38. The number of hydrogen-bond acceptors (Lipinski definition) is 8. The number of hydrogen-bond donors (Lipinski definition) is 4. The number of aryl methyl sites for hydroxylation is 1. The van der Waals surface area contributed by atoms with Crippen LogP contribution in [0.25, 0.3) is 11.1 Å². The van der Waals surface area contributed by atoms with Gasteiger partial charge in [0, 0.05) is 22.7 Å². The predicted octanol–water partition coefficient (Wildman–Crippen LogP) is 0.958. The normalized spacial score (nSPS) is 28.1. The molecule has 0 radical (unpaired) electrons. The Hall–Kier alpha value is -1.68. The minimum Gasteiger partial charge on any atom is -0.481 e. The molecule has 2 heterocycles. The van der Waals surface area contributed by atoms with E-state index in [1.54, 1.807) is 19.4 Å². The highest BCUT2D eigenvalue weighted by Gasteiger charge is 2.43. The topological polar surface area (TPSA) is 112 Å². The van der Waals surface area contributed by atoms with E-state index in [1.165, 1.54) is 11.8 Å². The van der Waals surface area contributed by atoms with Crippen molar-refractivity contribution in [2.45, 2.75) is 41.7 Å². The lowest BCUT2D eigenvalue weighted by Gasteiger charge is -2.39. The molecule has 27 heavy (non-hydrogen) atoms. The van der Waals surface area contributed by atoms with Crippen LogP contribution >= 0.6 is 11.8 Å². The molecule has 0 amide bonds. The Kier molecular flexibility index (Phi) is 6.36. The fourth-order valence-electron chi connectivity index (χ4n) is 2.92. The number of thioether (sulfide) groups is 1. The zero-order chi connectivity index (χ0) is 19.6. The summed E-state index contributed by atoms with van der Waals surface area (Å²) in [7, 11) is 1.57. The summed E-state index contributed by atoms with van der Waals surface area (Å²) in [6, 6.07) is 9.55. The molecule has 146 valence electrons. The molecule has 1 saturated heterocycles. The zero-order valence-corrected chi connectivity index (χ0v) is 15.8. The van der Waals surface area contributed by atoms with Gasteiger partial charge in [-0.05, 0) is 30.2 Å². The van der Waals surface area contributed by atoms with E-state index in [4.69, 9.17) is 9.47 Å².